The molecule has 0 aromatic carbocycles. The van der Waals surface area contributed by atoms with E-state index < -0.39 is 12.1 Å². The summed E-state index contributed by atoms with van der Waals surface area (Å²) in [6.07, 6.45) is 95.0. The molecule has 77 heavy (non-hydrogen) atoms. The van der Waals surface area contributed by atoms with Crippen LogP contribution in [-0.2, 0) is 28.6 Å². The minimum absolute atomic E-state index is 0.0777. The predicted molar refractivity (Wildman–Crippen MR) is 334 cm³/mol. The summed E-state index contributed by atoms with van der Waals surface area (Å²) in [6.45, 7) is 6.15. The van der Waals surface area contributed by atoms with Crippen molar-refractivity contribution in [3.05, 3.63) is 182 Å². The first-order valence-corrected chi connectivity index (χ1v) is 30.3. The molecule has 0 fully saturated rings. The summed E-state index contributed by atoms with van der Waals surface area (Å²) >= 11 is 0. The number of carbonyl (C=O) groups excluding carboxylic acids is 3. The quantitative estimate of drug-likeness (QED) is 0.0261. The standard InChI is InChI=1S/C71H108O6/c1-4-7-10-13-16-19-22-25-28-29-30-31-32-33-34-35-36-37-38-39-40-41-44-46-49-52-55-58-61-64-70(73)76-67-68(77-71(74)65-62-59-56-53-50-47-43-27-24-21-18-15-12-9-6-3)66-75-69(72)63-60-57-54-51-48-45-42-26-23-20-17-14-11-8-5-2/h7-12,16-21,25-28,30-31,33-34,36-37,42-43,48,50-51,53,59,62,68H,4-6,13-15,22-24,29,32,35,38-41,44-47,49,52,54-58,60-61,63-67H2,1-3H3/b10-7-,11-8-,12-9-,19-16-,20-17-,21-18-,28-25-,31-30-,34-33-,37-36-,42-26-,43-27-,51-48-,53-50-,62-59-. The zero-order valence-electron chi connectivity index (χ0n) is 48.9. The average molecular weight is 1060 g/mol. The Bertz CT molecular complexity index is 1840. The number of ether oxygens (including phenoxy) is 3. The second-order valence-electron chi connectivity index (χ2n) is 19.1. The van der Waals surface area contributed by atoms with E-state index >= 15 is 0 Å². The van der Waals surface area contributed by atoms with Crippen molar-refractivity contribution >= 4 is 17.9 Å². The van der Waals surface area contributed by atoms with E-state index in [0.29, 0.717) is 19.3 Å². The Morgan fingerprint density at radius 1 is 0.273 bits per heavy atom. The average Bonchev–Trinajstić information content (AvgIpc) is 3.43. The lowest BCUT2D eigenvalue weighted by Crippen LogP contribution is -2.30. The molecule has 0 aromatic heterocycles. The Kier molecular flexibility index (Phi) is 58.6. The van der Waals surface area contributed by atoms with Gasteiger partial charge < -0.3 is 14.2 Å². The molecule has 0 radical (unpaired) electrons. The predicted octanol–water partition coefficient (Wildman–Crippen LogP) is 20.9. The van der Waals surface area contributed by atoms with E-state index in [4.69, 9.17) is 14.2 Å². The third-order valence-electron chi connectivity index (χ3n) is 11.9. The van der Waals surface area contributed by atoms with Crippen LogP contribution in [0, 0.1) is 0 Å². The van der Waals surface area contributed by atoms with E-state index in [1.807, 2.05) is 6.08 Å². The van der Waals surface area contributed by atoms with Crippen LogP contribution in [0.25, 0.3) is 0 Å². The van der Waals surface area contributed by atoms with Crippen LogP contribution in [0.5, 0.6) is 0 Å². The van der Waals surface area contributed by atoms with Gasteiger partial charge in [-0.15, -0.1) is 0 Å². The monoisotopic (exact) mass is 1060 g/mol. The highest BCUT2D eigenvalue weighted by Crippen LogP contribution is 2.14. The van der Waals surface area contributed by atoms with Crippen LogP contribution in [0.2, 0.25) is 0 Å². The molecule has 0 spiro atoms. The molecule has 0 aliphatic carbocycles. The number of rotatable bonds is 52. The summed E-state index contributed by atoms with van der Waals surface area (Å²) in [7, 11) is 0. The third-order valence-corrected chi connectivity index (χ3v) is 11.9. The SMILES string of the molecule is CC/C=C\C/C=C\C/C=C\C/C=C\C/C=C\C/C=C\CCCCCCCCCCCCC(=O)OCC(COC(=O)CCCC/C=C\C/C=C\C/C=C\C/C=C\CC)OC(=O)C/C=C\C/C=C\C/C=C\C/C=C\C/C=C\CC. The summed E-state index contributed by atoms with van der Waals surface area (Å²) in [5.74, 6) is -1.13. The lowest BCUT2D eigenvalue weighted by Gasteiger charge is -2.18. The van der Waals surface area contributed by atoms with E-state index in [1.54, 1.807) is 6.08 Å². The van der Waals surface area contributed by atoms with Gasteiger partial charge in [0.15, 0.2) is 6.10 Å². The molecule has 0 rings (SSSR count). The molecule has 6 heteroatoms. The first-order chi connectivity index (χ1) is 38.0. The lowest BCUT2D eigenvalue weighted by atomic mass is 10.1. The van der Waals surface area contributed by atoms with Gasteiger partial charge in [-0.25, -0.2) is 0 Å². The minimum Gasteiger partial charge on any atom is -0.462 e. The van der Waals surface area contributed by atoms with Crippen molar-refractivity contribution in [3.8, 4) is 0 Å². The Labute approximate surface area is 472 Å². The number of carbonyl (C=O) groups is 3. The van der Waals surface area contributed by atoms with Crippen molar-refractivity contribution in [1.29, 1.82) is 0 Å². The third kappa shape index (κ3) is 61.2. The van der Waals surface area contributed by atoms with Gasteiger partial charge >= 0.3 is 17.9 Å². The number of esters is 3. The van der Waals surface area contributed by atoms with Gasteiger partial charge in [0.1, 0.15) is 13.2 Å². The van der Waals surface area contributed by atoms with Crippen LogP contribution in [0.3, 0.4) is 0 Å². The smallest absolute Gasteiger partial charge is 0.310 e. The summed E-state index contributed by atoms with van der Waals surface area (Å²) in [4.78, 5) is 38.1. The number of allylic oxidation sites excluding steroid dienone is 29. The maximum absolute atomic E-state index is 12.8. The number of unbranched alkanes of at least 4 members (excludes halogenated alkanes) is 12. The molecule has 0 aromatic rings. The van der Waals surface area contributed by atoms with Crippen molar-refractivity contribution in [2.45, 2.75) is 232 Å². The van der Waals surface area contributed by atoms with Crippen molar-refractivity contribution in [2.24, 2.45) is 0 Å². The number of hydrogen-bond acceptors (Lipinski definition) is 6. The first kappa shape index (κ1) is 71.5. The van der Waals surface area contributed by atoms with Crippen LogP contribution in [0.4, 0.5) is 0 Å². The summed E-state index contributed by atoms with van der Waals surface area (Å²) in [5, 5.41) is 0. The zero-order chi connectivity index (χ0) is 55.7. The second-order valence-corrected chi connectivity index (χ2v) is 19.1. The first-order valence-electron chi connectivity index (χ1n) is 30.3. The van der Waals surface area contributed by atoms with Gasteiger partial charge in [0.25, 0.3) is 0 Å². The Balaban J connectivity index is 4.44. The highest BCUT2D eigenvalue weighted by molar-refractivity contribution is 5.72. The van der Waals surface area contributed by atoms with E-state index in [-0.39, 0.29) is 38.0 Å². The molecule has 0 N–H and O–H groups in total. The van der Waals surface area contributed by atoms with Gasteiger partial charge in [-0.1, -0.05) is 254 Å². The Hall–Kier alpha value is -5.49. The fourth-order valence-corrected chi connectivity index (χ4v) is 7.51. The van der Waals surface area contributed by atoms with Gasteiger partial charge in [-0.05, 0) is 135 Å². The van der Waals surface area contributed by atoms with Crippen LogP contribution in [0.15, 0.2) is 182 Å². The molecule has 428 valence electrons. The van der Waals surface area contributed by atoms with Crippen LogP contribution < -0.4 is 0 Å². The molecule has 6 nitrogen and oxygen atoms in total. The zero-order valence-corrected chi connectivity index (χ0v) is 48.9. The van der Waals surface area contributed by atoms with Crippen LogP contribution in [0.1, 0.15) is 226 Å². The molecule has 0 saturated heterocycles. The van der Waals surface area contributed by atoms with Crippen molar-refractivity contribution in [2.75, 3.05) is 13.2 Å². The molecule has 0 amide bonds. The van der Waals surface area contributed by atoms with E-state index in [9.17, 15) is 14.4 Å². The maximum atomic E-state index is 12.8. The van der Waals surface area contributed by atoms with Crippen molar-refractivity contribution in [3.63, 3.8) is 0 Å². The van der Waals surface area contributed by atoms with Gasteiger partial charge in [0.05, 0.1) is 6.42 Å². The Morgan fingerprint density at radius 3 is 0.818 bits per heavy atom. The summed E-state index contributed by atoms with van der Waals surface area (Å²) < 4.78 is 16.7. The highest BCUT2D eigenvalue weighted by atomic mass is 16.6. The normalized spacial score (nSPS) is 13.4. The van der Waals surface area contributed by atoms with E-state index in [1.165, 1.54) is 44.9 Å². The lowest BCUT2D eigenvalue weighted by molar-refractivity contribution is -0.166. The van der Waals surface area contributed by atoms with Crippen molar-refractivity contribution < 1.29 is 28.6 Å². The largest absolute Gasteiger partial charge is 0.462 e. The maximum Gasteiger partial charge on any atom is 0.310 e. The fraction of sp³-hybridized carbons (Fsp3) is 0.535. The van der Waals surface area contributed by atoms with Crippen LogP contribution in [-0.4, -0.2) is 37.2 Å². The van der Waals surface area contributed by atoms with Crippen molar-refractivity contribution in [1.82, 2.24) is 0 Å². The van der Waals surface area contributed by atoms with Gasteiger partial charge in [0, 0.05) is 12.8 Å². The van der Waals surface area contributed by atoms with E-state index in [2.05, 4.69) is 191 Å². The Morgan fingerprint density at radius 2 is 0.506 bits per heavy atom. The molecule has 0 bridgehead atoms. The molecule has 1 unspecified atom stereocenters. The van der Waals surface area contributed by atoms with Gasteiger partial charge in [-0.3, -0.25) is 14.4 Å². The van der Waals surface area contributed by atoms with E-state index in [0.717, 1.165) is 128 Å². The molecule has 0 heterocycles. The second kappa shape index (κ2) is 63.0. The molecule has 0 saturated carbocycles. The molecule has 1 atom stereocenters. The molecule has 0 aliphatic heterocycles. The van der Waals surface area contributed by atoms with Gasteiger partial charge in [-0.2, -0.15) is 0 Å². The topological polar surface area (TPSA) is 78.9 Å². The molecular formula is C71H108O6. The minimum atomic E-state index is -0.862. The highest BCUT2D eigenvalue weighted by Gasteiger charge is 2.19. The number of hydrogen-bond donors (Lipinski definition) is 0. The van der Waals surface area contributed by atoms with Gasteiger partial charge in [0.2, 0.25) is 0 Å². The fourth-order valence-electron chi connectivity index (χ4n) is 7.51. The summed E-state index contributed by atoms with van der Waals surface area (Å²) in [6, 6.07) is 0. The molecular weight excluding hydrogens is 949 g/mol. The molecule has 0 aliphatic rings. The van der Waals surface area contributed by atoms with Crippen LogP contribution >= 0.6 is 0 Å². The summed E-state index contributed by atoms with van der Waals surface area (Å²) in [5.41, 5.74) is 0.